The number of halogens is 1. The molecule has 4 nitrogen and oxygen atoms in total. The highest BCUT2D eigenvalue weighted by molar-refractivity contribution is 5.85. The van der Waals surface area contributed by atoms with E-state index in [1.807, 2.05) is 18.2 Å². The van der Waals surface area contributed by atoms with Gasteiger partial charge >= 0.3 is 0 Å². The third kappa shape index (κ3) is 5.29. The van der Waals surface area contributed by atoms with E-state index >= 15 is 0 Å². The molecule has 5 heteroatoms. The normalized spacial score (nSPS) is 17.9. The van der Waals surface area contributed by atoms with E-state index < -0.39 is 0 Å². The van der Waals surface area contributed by atoms with Crippen LogP contribution in [0.4, 0.5) is 5.69 Å². The molecule has 1 aliphatic rings. The van der Waals surface area contributed by atoms with E-state index in [0.29, 0.717) is 17.7 Å². The van der Waals surface area contributed by atoms with Crippen molar-refractivity contribution in [3.63, 3.8) is 0 Å². The third-order valence-electron chi connectivity index (χ3n) is 4.06. The Kier molecular flexibility index (Phi) is 6.62. The highest BCUT2D eigenvalue weighted by Crippen LogP contribution is 2.30. The van der Waals surface area contributed by atoms with Gasteiger partial charge in [0.2, 0.25) is 0 Å². The molecule has 1 saturated heterocycles. The predicted octanol–water partition coefficient (Wildman–Crippen LogP) is 3.20. The molecule has 1 aliphatic heterocycles. The van der Waals surface area contributed by atoms with Gasteiger partial charge in [0.1, 0.15) is 6.61 Å². The van der Waals surface area contributed by atoms with Crippen LogP contribution in [0.25, 0.3) is 0 Å². The average molecular weight is 315 g/mol. The summed E-state index contributed by atoms with van der Waals surface area (Å²) in [7, 11) is 1.64. The molecule has 2 rings (SSSR count). The number of nitrogens with zero attached hydrogens (tertiary/aromatic N) is 1. The molecule has 0 unspecified atom stereocenters. The van der Waals surface area contributed by atoms with Crippen molar-refractivity contribution in [3.8, 4) is 11.5 Å². The van der Waals surface area contributed by atoms with Gasteiger partial charge in [-0.2, -0.15) is 0 Å². The van der Waals surface area contributed by atoms with Gasteiger partial charge in [0.15, 0.2) is 11.5 Å². The molecule has 120 valence electrons. The van der Waals surface area contributed by atoms with Crippen molar-refractivity contribution < 1.29 is 9.47 Å². The lowest BCUT2D eigenvalue weighted by molar-refractivity contribution is 0.115. The SMILES string of the molecule is COc1ccc(N)cc1OCCN1CCC(C)(C)CC1.Cl. The lowest BCUT2D eigenvalue weighted by atomic mass is 9.83. The van der Waals surface area contributed by atoms with Crippen LogP contribution in [0.15, 0.2) is 18.2 Å². The van der Waals surface area contributed by atoms with E-state index in [9.17, 15) is 0 Å². The molecule has 0 atom stereocenters. The molecule has 1 aromatic rings. The Morgan fingerprint density at radius 3 is 2.48 bits per heavy atom. The summed E-state index contributed by atoms with van der Waals surface area (Å²) >= 11 is 0. The molecule has 1 heterocycles. The average Bonchev–Trinajstić information content (AvgIpc) is 2.41. The van der Waals surface area contributed by atoms with Crippen LogP contribution in [0.3, 0.4) is 0 Å². The molecule has 21 heavy (non-hydrogen) atoms. The van der Waals surface area contributed by atoms with Gasteiger partial charge in [-0.15, -0.1) is 12.4 Å². The zero-order chi connectivity index (χ0) is 14.6. The molecule has 0 saturated carbocycles. The number of methoxy groups -OCH3 is 1. The number of likely N-dealkylation sites (tertiary alicyclic amines) is 1. The molecule has 1 aromatic carbocycles. The summed E-state index contributed by atoms with van der Waals surface area (Å²) in [5.74, 6) is 1.46. The van der Waals surface area contributed by atoms with Crippen LogP contribution in [0, 0.1) is 5.41 Å². The zero-order valence-corrected chi connectivity index (χ0v) is 14.0. The van der Waals surface area contributed by atoms with E-state index in [1.54, 1.807) is 7.11 Å². The smallest absolute Gasteiger partial charge is 0.163 e. The number of benzene rings is 1. The van der Waals surface area contributed by atoms with Gasteiger partial charge in [0.05, 0.1) is 7.11 Å². The van der Waals surface area contributed by atoms with E-state index in [4.69, 9.17) is 15.2 Å². The molecule has 0 aliphatic carbocycles. The Morgan fingerprint density at radius 1 is 1.19 bits per heavy atom. The van der Waals surface area contributed by atoms with Gasteiger partial charge in [0, 0.05) is 18.3 Å². The fraction of sp³-hybridized carbons (Fsp3) is 0.625. The zero-order valence-electron chi connectivity index (χ0n) is 13.2. The number of rotatable bonds is 5. The predicted molar refractivity (Wildman–Crippen MR) is 89.6 cm³/mol. The topological polar surface area (TPSA) is 47.7 Å². The monoisotopic (exact) mass is 314 g/mol. The number of hydrogen-bond acceptors (Lipinski definition) is 4. The minimum Gasteiger partial charge on any atom is -0.493 e. The summed E-state index contributed by atoms with van der Waals surface area (Å²) in [4.78, 5) is 2.46. The standard InChI is InChI=1S/C16H26N2O2.ClH/c1-16(2)6-8-18(9-7-16)10-11-20-15-12-13(17)4-5-14(15)19-3;/h4-5,12H,6-11,17H2,1-3H3;1H. The molecule has 1 fully saturated rings. The van der Waals surface area contributed by atoms with Gasteiger partial charge in [0.25, 0.3) is 0 Å². The Hall–Kier alpha value is -1.13. The fourth-order valence-electron chi connectivity index (χ4n) is 2.47. The summed E-state index contributed by atoms with van der Waals surface area (Å²) in [6.45, 7) is 8.63. The molecule has 0 bridgehead atoms. The molecule has 0 spiro atoms. The summed E-state index contributed by atoms with van der Waals surface area (Å²) in [6, 6.07) is 5.48. The van der Waals surface area contributed by atoms with Crippen molar-refractivity contribution in [1.29, 1.82) is 0 Å². The first-order valence-electron chi connectivity index (χ1n) is 7.29. The summed E-state index contributed by atoms with van der Waals surface area (Å²) in [5, 5.41) is 0. The molecular formula is C16H27ClN2O2. The minimum atomic E-state index is 0. The first-order chi connectivity index (χ1) is 9.50. The van der Waals surface area contributed by atoms with Gasteiger partial charge in [-0.3, -0.25) is 4.90 Å². The first-order valence-corrected chi connectivity index (χ1v) is 7.29. The van der Waals surface area contributed by atoms with Crippen LogP contribution in [0.1, 0.15) is 26.7 Å². The van der Waals surface area contributed by atoms with Gasteiger partial charge in [-0.25, -0.2) is 0 Å². The molecule has 0 amide bonds. The maximum atomic E-state index is 5.82. The second kappa shape index (κ2) is 7.76. The van der Waals surface area contributed by atoms with Gasteiger partial charge in [-0.05, 0) is 43.5 Å². The van der Waals surface area contributed by atoms with Crippen LogP contribution >= 0.6 is 12.4 Å². The molecule has 0 radical (unpaired) electrons. The van der Waals surface area contributed by atoms with Crippen molar-refractivity contribution >= 4 is 18.1 Å². The lowest BCUT2D eigenvalue weighted by Gasteiger charge is -2.36. The number of nitrogens with two attached hydrogens (primary N) is 1. The van der Waals surface area contributed by atoms with Crippen LogP contribution in [-0.4, -0.2) is 38.3 Å². The Balaban J connectivity index is 0.00000220. The second-order valence-corrected chi connectivity index (χ2v) is 6.26. The van der Waals surface area contributed by atoms with E-state index in [-0.39, 0.29) is 12.4 Å². The lowest BCUT2D eigenvalue weighted by Crippen LogP contribution is -2.39. The fourth-order valence-corrected chi connectivity index (χ4v) is 2.47. The number of piperidine rings is 1. The number of nitrogen functional groups attached to an aromatic ring is 1. The molecule has 2 N–H and O–H groups in total. The van der Waals surface area contributed by atoms with Crippen molar-refractivity contribution in [1.82, 2.24) is 4.90 Å². The van der Waals surface area contributed by atoms with Crippen LogP contribution in [0.5, 0.6) is 11.5 Å². The Morgan fingerprint density at radius 2 is 1.86 bits per heavy atom. The van der Waals surface area contributed by atoms with Crippen LogP contribution in [-0.2, 0) is 0 Å². The van der Waals surface area contributed by atoms with Crippen LogP contribution < -0.4 is 15.2 Å². The van der Waals surface area contributed by atoms with E-state index in [2.05, 4.69) is 18.7 Å². The quantitative estimate of drug-likeness (QED) is 0.848. The van der Waals surface area contributed by atoms with Crippen molar-refractivity contribution in [2.45, 2.75) is 26.7 Å². The van der Waals surface area contributed by atoms with Crippen molar-refractivity contribution in [3.05, 3.63) is 18.2 Å². The van der Waals surface area contributed by atoms with Crippen molar-refractivity contribution in [2.24, 2.45) is 5.41 Å². The summed E-state index contributed by atoms with van der Waals surface area (Å²) in [6.07, 6.45) is 2.52. The number of ether oxygens (including phenoxy) is 2. The van der Waals surface area contributed by atoms with Gasteiger partial charge in [-0.1, -0.05) is 13.8 Å². The Bertz CT molecular complexity index is 442. The maximum absolute atomic E-state index is 5.82. The maximum Gasteiger partial charge on any atom is 0.163 e. The van der Waals surface area contributed by atoms with Crippen LogP contribution in [0.2, 0.25) is 0 Å². The molecule has 0 aromatic heterocycles. The molecular weight excluding hydrogens is 288 g/mol. The summed E-state index contributed by atoms with van der Waals surface area (Å²) in [5.41, 5.74) is 6.97. The third-order valence-corrected chi connectivity index (χ3v) is 4.06. The number of hydrogen-bond donors (Lipinski definition) is 1. The van der Waals surface area contributed by atoms with Gasteiger partial charge < -0.3 is 15.2 Å². The van der Waals surface area contributed by atoms with Crippen molar-refractivity contribution in [2.75, 3.05) is 39.1 Å². The summed E-state index contributed by atoms with van der Waals surface area (Å²) < 4.78 is 11.1. The number of anilines is 1. The largest absolute Gasteiger partial charge is 0.493 e. The first kappa shape index (κ1) is 17.9. The van der Waals surface area contributed by atoms with E-state index in [0.717, 1.165) is 31.1 Å². The second-order valence-electron chi connectivity index (χ2n) is 6.26. The highest BCUT2D eigenvalue weighted by Gasteiger charge is 2.24. The minimum absolute atomic E-state index is 0. The highest BCUT2D eigenvalue weighted by atomic mass is 35.5. The van der Waals surface area contributed by atoms with E-state index in [1.165, 1.54) is 12.8 Å². The Labute approximate surface area is 134 Å².